The predicted molar refractivity (Wildman–Crippen MR) is 190 cm³/mol. The molecule has 0 bridgehead atoms. The molecule has 0 unspecified atom stereocenters. The molecule has 0 fully saturated rings. The Morgan fingerprint density at radius 2 is 1.65 bits per heavy atom. The third kappa shape index (κ3) is 5.62. The maximum Gasteiger partial charge on any atom is 0.209 e. The Labute approximate surface area is 275 Å². The zero-order valence-corrected chi connectivity index (χ0v) is 28.6. The zero-order chi connectivity index (χ0) is 32.5. The van der Waals surface area contributed by atoms with Crippen LogP contribution in [0.15, 0.2) is 95.9 Å². The number of hydrogen-bond donors (Lipinski definition) is 1. The number of para-hydroxylation sites is 2. The Kier molecular flexibility index (Phi) is 9.02. The van der Waals surface area contributed by atoms with Crippen molar-refractivity contribution < 1.29 is 9.68 Å². The SMILES string of the molecule is CCCN1/C(=C/C=C2\CCCC(/C=C/C3=[N+](CCC)c4ccccc4C3(C)C)=C2n2cc(CCO)nn2)C(C)(C)c2ccccc21. The first kappa shape index (κ1) is 31.9. The van der Waals surface area contributed by atoms with Crippen LogP contribution in [0.1, 0.15) is 90.5 Å². The van der Waals surface area contributed by atoms with Crippen LogP contribution in [-0.2, 0) is 17.3 Å². The molecule has 3 heterocycles. The molecule has 1 N–H and O–H groups in total. The van der Waals surface area contributed by atoms with E-state index >= 15 is 0 Å². The highest BCUT2D eigenvalue weighted by Gasteiger charge is 2.44. The lowest BCUT2D eigenvalue weighted by Gasteiger charge is -2.27. The normalized spacial score (nSPS) is 20.5. The standard InChI is InChI=1S/C40H50N5O/c1-7-25-43-34-18-11-9-16-32(34)39(3,4)36(43)22-20-29-14-13-15-30(38(29)45-28-31(24-27-46)41-42-45)21-23-37-40(5,6)33-17-10-12-19-35(33)44(37)26-8-2/h9-12,16-23,28,46H,7-8,13-15,24-27H2,1-6H3/q+1. The maximum atomic E-state index is 9.61. The molecule has 6 rings (SSSR count). The predicted octanol–water partition coefficient (Wildman–Crippen LogP) is 8.27. The van der Waals surface area contributed by atoms with E-state index in [2.05, 4.69) is 134 Å². The average Bonchev–Trinajstić information content (AvgIpc) is 3.66. The van der Waals surface area contributed by atoms with E-state index in [0.717, 1.165) is 56.6 Å². The van der Waals surface area contributed by atoms with Crippen LogP contribution < -0.4 is 4.90 Å². The fourth-order valence-corrected chi connectivity index (χ4v) is 7.74. The number of rotatable bonds is 10. The van der Waals surface area contributed by atoms with Gasteiger partial charge in [-0.15, -0.1) is 5.10 Å². The molecule has 0 atom stereocenters. The van der Waals surface area contributed by atoms with Crippen molar-refractivity contribution in [3.8, 4) is 0 Å². The highest BCUT2D eigenvalue weighted by atomic mass is 16.3. The lowest BCUT2D eigenvalue weighted by molar-refractivity contribution is -0.437. The van der Waals surface area contributed by atoms with Gasteiger partial charge in [-0.25, -0.2) is 4.68 Å². The van der Waals surface area contributed by atoms with Gasteiger partial charge in [0.1, 0.15) is 6.54 Å². The molecular formula is C40H50N5O+. The first-order valence-electron chi connectivity index (χ1n) is 17.2. The van der Waals surface area contributed by atoms with Crippen molar-refractivity contribution in [1.29, 1.82) is 0 Å². The monoisotopic (exact) mass is 616 g/mol. The van der Waals surface area contributed by atoms with Gasteiger partial charge in [0.25, 0.3) is 0 Å². The summed E-state index contributed by atoms with van der Waals surface area (Å²) in [6.45, 7) is 15.9. The minimum Gasteiger partial charge on any atom is -0.396 e. The lowest BCUT2D eigenvalue weighted by atomic mass is 9.81. The minimum absolute atomic E-state index is 0.0590. The van der Waals surface area contributed by atoms with Gasteiger partial charge < -0.3 is 10.0 Å². The summed E-state index contributed by atoms with van der Waals surface area (Å²) in [4.78, 5) is 2.51. The van der Waals surface area contributed by atoms with Crippen LogP contribution in [0.4, 0.5) is 11.4 Å². The summed E-state index contributed by atoms with van der Waals surface area (Å²) in [5, 5.41) is 18.6. The summed E-state index contributed by atoms with van der Waals surface area (Å²) in [6, 6.07) is 17.7. The summed E-state index contributed by atoms with van der Waals surface area (Å²) in [5.41, 5.74) is 12.4. The first-order valence-corrected chi connectivity index (χ1v) is 17.2. The Bertz CT molecular complexity index is 1760. The molecule has 3 aromatic rings. The van der Waals surface area contributed by atoms with Crippen molar-refractivity contribution in [3.05, 3.63) is 113 Å². The molecule has 46 heavy (non-hydrogen) atoms. The Hall–Kier alpha value is -4.03. The number of aromatic nitrogens is 3. The van der Waals surface area contributed by atoms with Crippen molar-refractivity contribution in [1.82, 2.24) is 15.0 Å². The van der Waals surface area contributed by atoms with E-state index in [0.29, 0.717) is 6.42 Å². The molecule has 6 heteroatoms. The number of hydrogen-bond acceptors (Lipinski definition) is 4. The summed E-state index contributed by atoms with van der Waals surface area (Å²) in [5.74, 6) is 0. The van der Waals surface area contributed by atoms with Crippen LogP contribution >= 0.6 is 0 Å². The summed E-state index contributed by atoms with van der Waals surface area (Å²) < 4.78 is 4.46. The van der Waals surface area contributed by atoms with E-state index in [-0.39, 0.29) is 17.4 Å². The molecule has 240 valence electrons. The molecule has 3 aliphatic rings. The van der Waals surface area contributed by atoms with E-state index < -0.39 is 0 Å². The Morgan fingerprint density at radius 1 is 0.891 bits per heavy atom. The fourth-order valence-electron chi connectivity index (χ4n) is 7.74. The van der Waals surface area contributed by atoms with Crippen LogP contribution in [0.2, 0.25) is 0 Å². The number of benzene rings is 2. The molecule has 0 spiro atoms. The maximum absolute atomic E-state index is 9.61. The highest BCUT2D eigenvalue weighted by Crippen LogP contribution is 2.48. The lowest BCUT2D eigenvalue weighted by Crippen LogP contribution is -2.28. The third-order valence-corrected chi connectivity index (χ3v) is 10.0. The van der Waals surface area contributed by atoms with Crippen LogP contribution in [0.25, 0.3) is 5.70 Å². The largest absolute Gasteiger partial charge is 0.396 e. The Balaban J connectivity index is 1.47. The van der Waals surface area contributed by atoms with Crippen LogP contribution in [0.5, 0.6) is 0 Å². The topological polar surface area (TPSA) is 57.2 Å². The van der Waals surface area contributed by atoms with Crippen LogP contribution in [0, 0.1) is 0 Å². The summed E-state index contributed by atoms with van der Waals surface area (Å²) in [7, 11) is 0. The van der Waals surface area contributed by atoms with Gasteiger partial charge >= 0.3 is 0 Å². The van der Waals surface area contributed by atoms with Crippen LogP contribution in [0.3, 0.4) is 0 Å². The van der Waals surface area contributed by atoms with E-state index in [1.54, 1.807) is 0 Å². The number of aliphatic hydroxyl groups is 1. The third-order valence-electron chi connectivity index (χ3n) is 10.0. The molecule has 0 amide bonds. The zero-order valence-electron chi connectivity index (χ0n) is 28.6. The summed E-state index contributed by atoms with van der Waals surface area (Å²) >= 11 is 0. The van der Waals surface area contributed by atoms with Gasteiger partial charge in [0, 0.05) is 60.5 Å². The molecule has 1 aromatic heterocycles. The molecule has 2 aromatic carbocycles. The molecule has 0 radical (unpaired) electrons. The number of nitrogens with zero attached hydrogens (tertiary/aromatic N) is 5. The number of allylic oxidation sites excluding steroid dienone is 8. The van der Waals surface area contributed by atoms with Gasteiger partial charge in [-0.2, -0.15) is 4.58 Å². The average molecular weight is 617 g/mol. The first-order chi connectivity index (χ1) is 22.2. The van der Waals surface area contributed by atoms with Gasteiger partial charge in [0.2, 0.25) is 5.69 Å². The van der Waals surface area contributed by atoms with E-state index in [1.807, 2.05) is 10.9 Å². The number of fused-ring (bicyclic) bond motifs is 2. The second-order valence-corrected chi connectivity index (χ2v) is 13.9. The molecule has 2 aliphatic heterocycles. The minimum atomic E-state index is -0.0892. The van der Waals surface area contributed by atoms with Crippen molar-refractivity contribution in [2.24, 2.45) is 0 Å². The second kappa shape index (κ2) is 13.0. The van der Waals surface area contributed by atoms with Crippen molar-refractivity contribution in [2.75, 3.05) is 24.6 Å². The molecule has 0 saturated heterocycles. The van der Waals surface area contributed by atoms with Gasteiger partial charge in [-0.3, -0.25) is 0 Å². The van der Waals surface area contributed by atoms with Gasteiger partial charge in [0.05, 0.1) is 23.0 Å². The molecule has 6 nitrogen and oxygen atoms in total. The van der Waals surface area contributed by atoms with Gasteiger partial charge in [-0.1, -0.05) is 81.5 Å². The molecule has 0 saturated carbocycles. The Morgan fingerprint density at radius 3 is 2.41 bits per heavy atom. The quantitative estimate of drug-likeness (QED) is 0.233. The molecular weight excluding hydrogens is 566 g/mol. The van der Waals surface area contributed by atoms with E-state index in [1.165, 1.54) is 45.1 Å². The van der Waals surface area contributed by atoms with E-state index in [9.17, 15) is 5.11 Å². The second-order valence-electron chi connectivity index (χ2n) is 13.9. The van der Waals surface area contributed by atoms with Crippen LogP contribution in [-0.4, -0.2) is 50.1 Å². The number of aliphatic hydroxyl groups excluding tert-OH is 1. The summed E-state index contributed by atoms with van der Waals surface area (Å²) in [6.07, 6.45) is 17.1. The van der Waals surface area contributed by atoms with Crippen molar-refractivity contribution in [3.63, 3.8) is 0 Å². The van der Waals surface area contributed by atoms with Crippen molar-refractivity contribution >= 4 is 22.8 Å². The van der Waals surface area contributed by atoms with Gasteiger partial charge in [0.15, 0.2) is 5.71 Å². The van der Waals surface area contributed by atoms with Gasteiger partial charge in [-0.05, 0) is 68.4 Å². The van der Waals surface area contributed by atoms with E-state index in [4.69, 9.17) is 0 Å². The fraction of sp³-hybridized carbons (Fsp3) is 0.425. The number of anilines is 1. The molecule has 1 aliphatic carbocycles. The highest BCUT2D eigenvalue weighted by molar-refractivity contribution is 6.03. The smallest absolute Gasteiger partial charge is 0.209 e. The van der Waals surface area contributed by atoms with Crippen molar-refractivity contribution in [2.45, 2.75) is 90.9 Å².